The number of hydrogen-bond donors (Lipinski definition) is 0. The van der Waals surface area contributed by atoms with E-state index in [1.807, 2.05) is 68.4 Å². The van der Waals surface area contributed by atoms with Crippen LogP contribution in [0.5, 0.6) is 11.5 Å². The SMILES string of the molecule is CCOC(OCC)c1cccc(Oc2ccccc2)c1. The van der Waals surface area contributed by atoms with Gasteiger partial charge >= 0.3 is 0 Å². The van der Waals surface area contributed by atoms with Gasteiger partial charge in [-0.25, -0.2) is 0 Å². The summed E-state index contributed by atoms with van der Waals surface area (Å²) in [7, 11) is 0. The van der Waals surface area contributed by atoms with Crippen molar-refractivity contribution >= 4 is 0 Å². The van der Waals surface area contributed by atoms with Crippen molar-refractivity contribution in [2.75, 3.05) is 13.2 Å². The molecule has 0 aliphatic carbocycles. The molecule has 20 heavy (non-hydrogen) atoms. The van der Waals surface area contributed by atoms with Crippen LogP contribution in [0.25, 0.3) is 0 Å². The normalized spacial score (nSPS) is 10.8. The number of benzene rings is 2. The smallest absolute Gasteiger partial charge is 0.183 e. The molecule has 0 N–H and O–H groups in total. The van der Waals surface area contributed by atoms with Crippen molar-refractivity contribution in [2.24, 2.45) is 0 Å². The van der Waals surface area contributed by atoms with Crippen LogP contribution in [0.4, 0.5) is 0 Å². The molecule has 106 valence electrons. The van der Waals surface area contributed by atoms with E-state index in [-0.39, 0.29) is 6.29 Å². The van der Waals surface area contributed by atoms with Gasteiger partial charge in [0, 0.05) is 18.8 Å². The highest BCUT2D eigenvalue weighted by molar-refractivity contribution is 5.34. The van der Waals surface area contributed by atoms with E-state index in [4.69, 9.17) is 14.2 Å². The predicted molar refractivity (Wildman–Crippen MR) is 79.0 cm³/mol. The molecule has 0 fully saturated rings. The van der Waals surface area contributed by atoms with Gasteiger partial charge in [0.1, 0.15) is 11.5 Å². The van der Waals surface area contributed by atoms with Crippen molar-refractivity contribution in [3.63, 3.8) is 0 Å². The molecular formula is C17H20O3. The molecular weight excluding hydrogens is 252 g/mol. The van der Waals surface area contributed by atoms with Gasteiger partial charge in [-0.3, -0.25) is 0 Å². The second-order valence-corrected chi connectivity index (χ2v) is 4.23. The van der Waals surface area contributed by atoms with Gasteiger partial charge in [0.15, 0.2) is 6.29 Å². The average molecular weight is 272 g/mol. The first kappa shape index (κ1) is 14.6. The third-order valence-electron chi connectivity index (χ3n) is 2.75. The van der Waals surface area contributed by atoms with Crippen molar-refractivity contribution in [1.29, 1.82) is 0 Å². The van der Waals surface area contributed by atoms with E-state index in [1.165, 1.54) is 0 Å². The highest BCUT2D eigenvalue weighted by Crippen LogP contribution is 2.26. The lowest BCUT2D eigenvalue weighted by molar-refractivity contribution is -0.140. The van der Waals surface area contributed by atoms with E-state index < -0.39 is 0 Å². The van der Waals surface area contributed by atoms with Crippen LogP contribution >= 0.6 is 0 Å². The van der Waals surface area contributed by atoms with Gasteiger partial charge in [0.05, 0.1) is 0 Å². The van der Waals surface area contributed by atoms with Gasteiger partial charge < -0.3 is 14.2 Å². The molecule has 3 nitrogen and oxygen atoms in total. The molecule has 2 rings (SSSR count). The predicted octanol–water partition coefficient (Wildman–Crippen LogP) is 4.55. The molecule has 0 atom stereocenters. The Balaban J connectivity index is 2.14. The van der Waals surface area contributed by atoms with E-state index in [0.717, 1.165) is 17.1 Å². The van der Waals surface area contributed by atoms with E-state index in [1.54, 1.807) is 0 Å². The van der Waals surface area contributed by atoms with Gasteiger partial charge in [-0.2, -0.15) is 0 Å². The number of hydrogen-bond acceptors (Lipinski definition) is 3. The second-order valence-electron chi connectivity index (χ2n) is 4.23. The fourth-order valence-corrected chi connectivity index (χ4v) is 1.89. The lowest BCUT2D eigenvalue weighted by atomic mass is 10.2. The summed E-state index contributed by atoms with van der Waals surface area (Å²) in [5.74, 6) is 1.59. The first-order valence-electron chi connectivity index (χ1n) is 6.89. The Bertz CT molecular complexity index is 505. The largest absolute Gasteiger partial charge is 0.457 e. The standard InChI is InChI=1S/C17H20O3/c1-3-18-17(19-4-2)14-9-8-12-16(13-14)20-15-10-6-5-7-11-15/h5-13,17H,3-4H2,1-2H3. The minimum Gasteiger partial charge on any atom is -0.457 e. The Hall–Kier alpha value is -1.84. The maximum Gasteiger partial charge on any atom is 0.183 e. The van der Waals surface area contributed by atoms with Crippen LogP contribution in [-0.2, 0) is 9.47 Å². The Kier molecular flexibility index (Phi) is 5.59. The van der Waals surface area contributed by atoms with Gasteiger partial charge in [0.2, 0.25) is 0 Å². The van der Waals surface area contributed by atoms with Crippen LogP contribution in [0, 0.1) is 0 Å². The highest BCUT2D eigenvalue weighted by atomic mass is 16.7. The first-order valence-corrected chi connectivity index (χ1v) is 6.89. The number of ether oxygens (including phenoxy) is 3. The molecule has 0 heterocycles. The zero-order chi connectivity index (χ0) is 14.2. The van der Waals surface area contributed by atoms with Crippen LogP contribution < -0.4 is 4.74 Å². The summed E-state index contributed by atoms with van der Waals surface area (Å²) in [6.45, 7) is 5.12. The molecule has 0 aromatic heterocycles. The monoisotopic (exact) mass is 272 g/mol. The third-order valence-corrected chi connectivity index (χ3v) is 2.75. The summed E-state index contributed by atoms with van der Waals surface area (Å²) in [6, 6.07) is 17.5. The van der Waals surface area contributed by atoms with Crippen molar-refractivity contribution < 1.29 is 14.2 Å². The lowest BCUT2D eigenvalue weighted by Crippen LogP contribution is -2.08. The molecule has 0 aliphatic heterocycles. The minimum atomic E-state index is -0.343. The van der Waals surface area contributed by atoms with E-state index in [9.17, 15) is 0 Å². The van der Waals surface area contributed by atoms with E-state index >= 15 is 0 Å². The van der Waals surface area contributed by atoms with Gasteiger partial charge in [-0.15, -0.1) is 0 Å². The minimum absolute atomic E-state index is 0.343. The van der Waals surface area contributed by atoms with Crippen molar-refractivity contribution in [3.8, 4) is 11.5 Å². The van der Waals surface area contributed by atoms with Crippen LogP contribution in [0.15, 0.2) is 54.6 Å². The number of para-hydroxylation sites is 1. The van der Waals surface area contributed by atoms with Crippen molar-refractivity contribution in [2.45, 2.75) is 20.1 Å². The molecule has 0 unspecified atom stereocenters. The Morgan fingerprint density at radius 1 is 0.800 bits per heavy atom. The van der Waals surface area contributed by atoms with Gasteiger partial charge in [-0.1, -0.05) is 30.3 Å². The maximum absolute atomic E-state index is 5.81. The third kappa shape index (κ3) is 4.08. The summed E-state index contributed by atoms with van der Waals surface area (Å²) < 4.78 is 17.0. The van der Waals surface area contributed by atoms with Gasteiger partial charge in [-0.05, 0) is 38.1 Å². The molecule has 0 amide bonds. The highest BCUT2D eigenvalue weighted by Gasteiger charge is 2.12. The van der Waals surface area contributed by atoms with Crippen molar-refractivity contribution in [3.05, 3.63) is 60.2 Å². The molecule has 0 saturated heterocycles. The maximum atomic E-state index is 5.81. The summed E-state index contributed by atoms with van der Waals surface area (Å²) in [4.78, 5) is 0. The Labute approximate surface area is 120 Å². The molecule has 0 bridgehead atoms. The molecule has 0 radical (unpaired) electrons. The summed E-state index contributed by atoms with van der Waals surface area (Å²) >= 11 is 0. The topological polar surface area (TPSA) is 27.7 Å². The fourth-order valence-electron chi connectivity index (χ4n) is 1.89. The molecule has 0 spiro atoms. The van der Waals surface area contributed by atoms with Crippen LogP contribution in [0.3, 0.4) is 0 Å². The van der Waals surface area contributed by atoms with E-state index in [0.29, 0.717) is 13.2 Å². The summed E-state index contributed by atoms with van der Waals surface area (Å²) in [5, 5.41) is 0. The molecule has 0 aliphatic rings. The number of rotatable bonds is 7. The first-order chi connectivity index (χ1) is 9.83. The average Bonchev–Trinajstić information content (AvgIpc) is 2.48. The molecule has 2 aromatic rings. The molecule has 2 aromatic carbocycles. The fraction of sp³-hybridized carbons (Fsp3) is 0.294. The van der Waals surface area contributed by atoms with Crippen LogP contribution in [0.2, 0.25) is 0 Å². The Morgan fingerprint density at radius 3 is 2.10 bits per heavy atom. The van der Waals surface area contributed by atoms with Crippen LogP contribution in [-0.4, -0.2) is 13.2 Å². The molecule has 0 saturated carbocycles. The second kappa shape index (κ2) is 7.68. The van der Waals surface area contributed by atoms with Crippen LogP contribution in [0.1, 0.15) is 25.7 Å². The van der Waals surface area contributed by atoms with Crippen molar-refractivity contribution in [1.82, 2.24) is 0 Å². The quantitative estimate of drug-likeness (QED) is 0.692. The molecule has 3 heteroatoms. The summed E-state index contributed by atoms with van der Waals surface area (Å²) in [5.41, 5.74) is 0.960. The van der Waals surface area contributed by atoms with Gasteiger partial charge in [0.25, 0.3) is 0 Å². The zero-order valence-corrected chi connectivity index (χ0v) is 11.9. The lowest BCUT2D eigenvalue weighted by Gasteiger charge is -2.18. The Morgan fingerprint density at radius 2 is 1.45 bits per heavy atom. The zero-order valence-electron chi connectivity index (χ0n) is 11.9. The van der Waals surface area contributed by atoms with E-state index in [2.05, 4.69) is 0 Å². The summed E-state index contributed by atoms with van der Waals surface area (Å²) in [6.07, 6.45) is -0.343.